The number of piperidine rings is 1. The van der Waals surface area contributed by atoms with Gasteiger partial charge in [0.25, 0.3) is 0 Å². The summed E-state index contributed by atoms with van der Waals surface area (Å²) in [5.41, 5.74) is 0. The minimum Gasteiger partial charge on any atom is -0.469 e. The van der Waals surface area contributed by atoms with Gasteiger partial charge in [0, 0.05) is 12.6 Å². The molecule has 0 bridgehead atoms. The van der Waals surface area contributed by atoms with Crippen LogP contribution in [0.3, 0.4) is 0 Å². The summed E-state index contributed by atoms with van der Waals surface area (Å²) >= 11 is 6.01. The zero-order valence-corrected chi connectivity index (χ0v) is 13.4. The molecule has 1 aromatic rings. The number of benzene rings is 1. The highest BCUT2D eigenvalue weighted by atomic mass is 35.5. The third-order valence-corrected chi connectivity index (χ3v) is 6.08. The van der Waals surface area contributed by atoms with Gasteiger partial charge in [0.2, 0.25) is 10.0 Å². The molecule has 5 nitrogen and oxygen atoms in total. The number of nitrogens with zero attached hydrogens (tertiary/aromatic N) is 1. The van der Waals surface area contributed by atoms with Crippen LogP contribution in [0.15, 0.2) is 29.2 Å². The number of halogens is 1. The van der Waals surface area contributed by atoms with Gasteiger partial charge in [0.15, 0.2) is 0 Å². The van der Waals surface area contributed by atoms with Crippen molar-refractivity contribution in [2.24, 2.45) is 0 Å². The molecule has 1 heterocycles. The third-order valence-electron chi connectivity index (χ3n) is 3.63. The van der Waals surface area contributed by atoms with Crippen LogP contribution in [-0.4, -0.2) is 38.4 Å². The van der Waals surface area contributed by atoms with Gasteiger partial charge in [-0.2, -0.15) is 4.31 Å². The van der Waals surface area contributed by atoms with Crippen LogP contribution in [-0.2, 0) is 19.6 Å². The Morgan fingerprint density at radius 3 is 2.76 bits per heavy atom. The molecule has 0 aromatic heterocycles. The highest BCUT2D eigenvalue weighted by Gasteiger charge is 2.35. The number of hydrogen-bond acceptors (Lipinski definition) is 4. The molecule has 1 unspecified atom stereocenters. The standard InChI is InChI=1S/C14H18ClNO4S/c1-20-14(17)10-11-6-4-5-9-16(11)21(18,19)13-8-3-2-7-12(13)15/h2-3,7-8,11H,4-6,9-10H2,1H3. The fourth-order valence-electron chi connectivity index (χ4n) is 2.55. The van der Waals surface area contributed by atoms with Crippen LogP contribution in [0.25, 0.3) is 0 Å². The Balaban J connectivity index is 2.32. The van der Waals surface area contributed by atoms with E-state index in [-0.39, 0.29) is 22.4 Å². The summed E-state index contributed by atoms with van der Waals surface area (Å²) in [6, 6.07) is 5.99. The minimum absolute atomic E-state index is 0.0696. The lowest BCUT2D eigenvalue weighted by molar-refractivity contribution is -0.141. The van der Waals surface area contributed by atoms with Gasteiger partial charge in [-0.15, -0.1) is 0 Å². The van der Waals surface area contributed by atoms with Gasteiger partial charge < -0.3 is 4.74 Å². The number of hydrogen-bond donors (Lipinski definition) is 0. The maximum absolute atomic E-state index is 12.8. The summed E-state index contributed by atoms with van der Waals surface area (Å²) in [6.07, 6.45) is 2.40. The molecule has 1 saturated heterocycles. The van der Waals surface area contributed by atoms with Crippen LogP contribution in [0.5, 0.6) is 0 Å². The summed E-state index contributed by atoms with van der Waals surface area (Å²) in [4.78, 5) is 11.6. The Kier molecular flexibility index (Phi) is 5.24. The first-order valence-electron chi connectivity index (χ1n) is 6.80. The Morgan fingerprint density at radius 2 is 2.10 bits per heavy atom. The Hall–Kier alpha value is -1.11. The van der Waals surface area contributed by atoms with Gasteiger partial charge in [0.1, 0.15) is 4.90 Å². The number of carbonyl (C=O) groups is 1. The van der Waals surface area contributed by atoms with Gasteiger partial charge in [-0.25, -0.2) is 8.42 Å². The quantitative estimate of drug-likeness (QED) is 0.795. The zero-order chi connectivity index (χ0) is 15.5. The molecule has 21 heavy (non-hydrogen) atoms. The molecule has 0 spiro atoms. The predicted octanol–water partition coefficient (Wildman–Crippen LogP) is 2.45. The molecule has 1 fully saturated rings. The van der Waals surface area contributed by atoms with Crippen LogP contribution in [0, 0.1) is 0 Å². The van der Waals surface area contributed by atoms with Crippen molar-refractivity contribution in [1.82, 2.24) is 4.31 Å². The number of sulfonamides is 1. The summed E-state index contributed by atoms with van der Waals surface area (Å²) in [5.74, 6) is -0.402. The van der Waals surface area contributed by atoms with Crippen molar-refractivity contribution >= 4 is 27.6 Å². The van der Waals surface area contributed by atoms with E-state index >= 15 is 0 Å². The van der Waals surface area contributed by atoms with Crippen molar-refractivity contribution in [2.75, 3.05) is 13.7 Å². The van der Waals surface area contributed by atoms with E-state index in [0.717, 1.165) is 12.8 Å². The monoisotopic (exact) mass is 331 g/mol. The van der Waals surface area contributed by atoms with Crippen LogP contribution >= 0.6 is 11.6 Å². The van der Waals surface area contributed by atoms with Crippen molar-refractivity contribution < 1.29 is 17.9 Å². The molecule has 116 valence electrons. The molecular weight excluding hydrogens is 314 g/mol. The van der Waals surface area contributed by atoms with Crippen molar-refractivity contribution in [3.8, 4) is 0 Å². The van der Waals surface area contributed by atoms with Crippen molar-refractivity contribution in [2.45, 2.75) is 36.6 Å². The van der Waals surface area contributed by atoms with Crippen LogP contribution < -0.4 is 0 Å². The predicted molar refractivity (Wildman–Crippen MR) is 79.6 cm³/mol. The van der Waals surface area contributed by atoms with Crippen molar-refractivity contribution in [3.63, 3.8) is 0 Å². The SMILES string of the molecule is COC(=O)CC1CCCCN1S(=O)(=O)c1ccccc1Cl. The summed E-state index contributed by atoms with van der Waals surface area (Å²) < 4.78 is 31.6. The molecule has 0 saturated carbocycles. The summed E-state index contributed by atoms with van der Waals surface area (Å²) in [7, 11) is -2.40. The van der Waals surface area contributed by atoms with E-state index in [2.05, 4.69) is 4.74 Å². The molecule has 0 N–H and O–H groups in total. The molecule has 1 aliphatic rings. The van der Waals surface area contributed by atoms with Gasteiger partial charge in [-0.05, 0) is 25.0 Å². The van der Waals surface area contributed by atoms with Gasteiger partial charge in [-0.1, -0.05) is 30.2 Å². The van der Waals surface area contributed by atoms with Crippen LogP contribution in [0.4, 0.5) is 0 Å². The number of rotatable bonds is 4. The van der Waals surface area contributed by atoms with E-state index in [1.54, 1.807) is 18.2 Å². The molecule has 0 radical (unpaired) electrons. The number of carbonyl (C=O) groups excluding carboxylic acids is 1. The van der Waals surface area contributed by atoms with E-state index in [4.69, 9.17) is 11.6 Å². The molecule has 1 aliphatic heterocycles. The van der Waals surface area contributed by atoms with Crippen molar-refractivity contribution in [3.05, 3.63) is 29.3 Å². The normalized spacial score (nSPS) is 20.2. The largest absolute Gasteiger partial charge is 0.469 e. The Morgan fingerprint density at radius 1 is 1.38 bits per heavy atom. The van der Waals surface area contributed by atoms with E-state index < -0.39 is 16.0 Å². The second-order valence-corrected chi connectivity index (χ2v) is 7.24. The molecule has 7 heteroatoms. The molecule has 2 rings (SSSR count). The molecule has 1 atom stereocenters. The fraction of sp³-hybridized carbons (Fsp3) is 0.500. The molecular formula is C14H18ClNO4S. The number of methoxy groups -OCH3 is 1. The van der Waals surface area contributed by atoms with Gasteiger partial charge >= 0.3 is 5.97 Å². The first-order valence-corrected chi connectivity index (χ1v) is 8.62. The first-order chi connectivity index (χ1) is 9.96. The summed E-state index contributed by atoms with van der Waals surface area (Å²) in [6.45, 7) is 0.398. The second-order valence-electron chi connectivity index (χ2n) is 4.98. The average Bonchev–Trinajstić information content (AvgIpc) is 2.47. The lowest BCUT2D eigenvalue weighted by atomic mass is 10.0. The highest BCUT2D eigenvalue weighted by molar-refractivity contribution is 7.89. The van der Waals surface area contributed by atoms with Crippen molar-refractivity contribution in [1.29, 1.82) is 0 Å². The molecule has 1 aromatic carbocycles. The van der Waals surface area contributed by atoms with E-state index in [0.29, 0.717) is 13.0 Å². The fourth-order valence-corrected chi connectivity index (χ4v) is 4.74. The smallest absolute Gasteiger partial charge is 0.307 e. The zero-order valence-electron chi connectivity index (χ0n) is 11.8. The average molecular weight is 332 g/mol. The Bertz CT molecular complexity index is 617. The third kappa shape index (κ3) is 3.56. The number of esters is 1. The molecule has 0 aliphatic carbocycles. The molecule has 0 amide bonds. The highest BCUT2D eigenvalue weighted by Crippen LogP contribution is 2.30. The van der Waals surface area contributed by atoms with E-state index in [1.807, 2.05) is 0 Å². The topological polar surface area (TPSA) is 63.7 Å². The van der Waals surface area contributed by atoms with Crippen LogP contribution in [0.1, 0.15) is 25.7 Å². The van der Waals surface area contributed by atoms with Crippen LogP contribution in [0.2, 0.25) is 5.02 Å². The maximum atomic E-state index is 12.8. The lowest BCUT2D eigenvalue weighted by Gasteiger charge is -2.34. The second kappa shape index (κ2) is 6.77. The van der Waals surface area contributed by atoms with Gasteiger partial charge in [-0.3, -0.25) is 4.79 Å². The summed E-state index contributed by atoms with van der Waals surface area (Å²) in [5, 5.41) is 0.194. The maximum Gasteiger partial charge on any atom is 0.307 e. The van der Waals surface area contributed by atoms with Gasteiger partial charge in [0.05, 0.1) is 18.6 Å². The van der Waals surface area contributed by atoms with E-state index in [1.165, 1.54) is 17.5 Å². The minimum atomic E-state index is -3.70. The first kappa shape index (κ1) is 16.3. The van der Waals surface area contributed by atoms with E-state index in [9.17, 15) is 13.2 Å². The lowest BCUT2D eigenvalue weighted by Crippen LogP contribution is -2.44. The number of ether oxygens (including phenoxy) is 1. The Labute approximate surface area is 129 Å².